The molecule has 3 heteroatoms. The third kappa shape index (κ3) is 6.21. The summed E-state index contributed by atoms with van der Waals surface area (Å²) < 4.78 is 2.44. The summed E-state index contributed by atoms with van der Waals surface area (Å²) in [5.41, 5.74) is 16.8. The Hall–Kier alpha value is -8.92. The summed E-state index contributed by atoms with van der Waals surface area (Å²) in [6.45, 7) is 0. The van der Waals surface area contributed by atoms with Crippen LogP contribution in [-0.4, -0.2) is 4.57 Å². The number of hydrogen-bond acceptors (Lipinski definition) is 2. The second-order valence-corrected chi connectivity index (χ2v) is 17.7. The van der Waals surface area contributed by atoms with E-state index >= 15 is 0 Å². The van der Waals surface area contributed by atoms with E-state index in [1.54, 1.807) is 0 Å². The molecular formula is C65H45N3. The van der Waals surface area contributed by atoms with Gasteiger partial charge in [-0.1, -0.05) is 182 Å². The SMILES string of the molecule is c1ccc(N(c2ccc3c(c2)C(c2ccccc2)(c2ccccc2)c2cc4ccccc4cc2-3)c2cc(N(c3ccccc3)c3ccccc3)c3c4ccccc4n(-c4ccccc4)c3c2)cc1. The Kier molecular flexibility index (Phi) is 9.40. The Balaban J connectivity index is 1.14. The summed E-state index contributed by atoms with van der Waals surface area (Å²) in [6, 6.07) is 100.0. The summed E-state index contributed by atoms with van der Waals surface area (Å²) in [7, 11) is 0. The van der Waals surface area contributed by atoms with Crippen LogP contribution in [0.3, 0.4) is 0 Å². The van der Waals surface area contributed by atoms with Crippen LogP contribution in [0.4, 0.5) is 34.1 Å². The summed E-state index contributed by atoms with van der Waals surface area (Å²) in [5, 5.41) is 4.84. The maximum absolute atomic E-state index is 2.48. The molecule has 12 aromatic rings. The summed E-state index contributed by atoms with van der Waals surface area (Å²) in [6.07, 6.45) is 0. The standard InChI is InChI=1S/C65H45N3/c1-7-25-48(26-8-1)65(49-27-9-2-10-28-49)59-42-47-24-20-19-23-46(47)41-58(59)56-40-39-54(43-60(56)65)66(50-29-11-3-12-30-50)55-44-62(67(51-31-13-4-14-32-51)52-33-15-5-16-34-52)64-57-37-21-22-38-61(57)68(63(64)45-55)53-35-17-6-18-36-53/h1-45H. The molecule has 1 aliphatic rings. The van der Waals surface area contributed by atoms with Gasteiger partial charge in [-0.25, -0.2) is 0 Å². The van der Waals surface area contributed by atoms with Crippen molar-refractivity contribution in [3.8, 4) is 16.8 Å². The highest BCUT2D eigenvalue weighted by Gasteiger charge is 2.46. The molecule has 0 N–H and O–H groups in total. The number of para-hydroxylation sites is 5. The van der Waals surface area contributed by atoms with E-state index in [0.29, 0.717) is 0 Å². The van der Waals surface area contributed by atoms with Crippen molar-refractivity contribution in [1.82, 2.24) is 4.57 Å². The zero-order valence-electron chi connectivity index (χ0n) is 37.3. The van der Waals surface area contributed by atoms with E-state index < -0.39 is 5.41 Å². The van der Waals surface area contributed by atoms with E-state index in [1.807, 2.05) is 0 Å². The molecule has 1 aromatic heterocycles. The van der Waals surface area contributed by atoms with Crippen LogP contribution in [0.25, 0.3) is 49.4 Å². The van der Waals surface area contributed by atoms with Gasteiger partial charge in [-0.3, -0.25) is 0 Å². The molecule has 1 heterocycles. The predicted octanol–water partition coefficient (Wildman–Crippen LogP) is 17.2. The van der Waals surface area contributed by atoms with Gasteiger partial charge in [0.2, 0.25) is 0 Å². The van der Waals surface area contributed by atoms with Gasteiger partial charge in [-0.2, -0.15) is 0 Å². The Morgan fingerprint density at radius 2 is 0.794 bits per heavy atom. The molecule has 320 valence electrons. The van der Waals surface area contributed by atoms with Gasteiger partial charge in [0.05, 0.1) is 27.8 Å². The lowest BCUT2D eigenvalue weighted by molar-refractivity contribution is 0.769. The number of anilines is 6. The molecule has 0 spiro atoms. The Labute approximate surface area is 396 Å². The highest BCUT2D eigenvalue weighted by Crippen LogP contribution is 2.58. The summed E-state index contributed by atoms with van der Waals surface area (Å²) in [5.74, 6) is 0. The van der Waals surface area contributed by atoms with Gasteiger partial charge in [-0.05, 0) is 135 Å². The molecule has 3 nitrogen and oxygen atoms in total. The lowest BCUT2D eigenvalue weighted by Crippen LogP contribution is -2.28. The average Bonchev–Trinajstić information content (AvgIpc) is 3.90. The predicted molar refractivity (Wildman–Crippen MR) is 285 cm³/mol. The lowest BCUT2D eigenvalue weighted by atomic mass is 9.67. The number of rotatable bonds is 9. The molecule has 11 aromatic carbocycles. The van der Waals surface area contributed by atoms with Gasteiger partial charge in [-0.15, -0.1) is 0 Å². The van der Waals surface area contributed by atoms with Crippen molar-refractivity contribution in [3.05, 3.63) is 295 Å². The normalized spacial score (nSPS) is 12.5. The maximum atomic E-state index is 2.48. The van der Waals surface area contributed by atoms with Gasteiger partial charge in [0.15, 0.2) is 0 Å². The van der Waals surface area contributed by atoms with Crippen LogP contribution < -0.4 is 9.80 Å². The van der Waals surface area contributed by atoms with E-state index in [9.17, 15) is 0 Å². The molecule has 0 fully saturated rings. The number of benzene rings is 11. The van der Waals surface area contributed by atoms with Crippen molar-refractivity contribution >= 4 is 66.7 Å². The smallest absolute Gasteiger partial charge is 0.0714 e. The maximum Gasteiger partial charge on any atom is 0.0714 e. The zero-order valence-corrected chi connectivity index (χ0v) is 37.3. The second kappa shape index (κ2) is 16.2. The van der Waals surface area contributed by atoms with Gasteiger partial charge in [0, 0.05) is 39.2 Å². The molecular weight excluding hydrogens is 823 g/mol. The van der Waals surface area contributed by atoms with Crippen LogP contribution in [0.2, 0.25) is 0 Å². The molecule has 0 saturated carbocycles. The topological polar surface area (TPSA) is 11.4 Å². The Morgan fingerprint density at radius 3 is 1.40 bits per heavy atom. The highest BCUT2D eigenvalue weighted by molar-refractivity contribution is 6.18. The largest absolute Gasteiger partial charge is 0.310 e. The van der Waals surface area contributed by atoms with Crippen LogP contribution >= 0.6 is 0 Å². The number of aromatic nitrogens is 1. The molecule has 0 radical (unpaired) electrons. The zero-order chi connectivity index (χ0) is 45.0. The van der Waals surface area contributed by atoms with Crippen LogP contribution in [0.5, 0.6) is 0 Å². The molecule has 68 heavy (non-hydrogen) atoms. The van der Waals surface area contributed by atoms with Gasteiger partial charge >= 0.3 is 0 Å². The number of nitrogens with zero attached hydrogens (tertiary/aromatic N) is 3. The fourth-order valence-electron chi connectivity index (χ4n) is 11.1. The monoisotopic (exact) mass is 867 g/mol. The Morgan fingerprint density at radius 1 is 0.309 bits per heavy atom. The first-order valence-corrected chi connectivity index (χ1v) is 23.4. The first kappa shape index (κ1) is 39.4. The minimum Gasteiger partial charge on any atom is -0.310 e. The molecule has 13 rings (SSSR count). The molecule has 0 bridgehead atoms. The minimum absolute atomic E-state index is 0.595. The second-order valence-electron chi connectivity index (χ2n) is 17.7. The van der Waals surface area contributed by atoms with Crippen molar-refractivity contribution < 1.29 is 0 Å². The van der Waals surface area contributed by atoms with Crippen LogP contribution in [0, 0.1) is 0 Å². The fourth-order valence-corrected chi connectivity index (χ4v) is 11.1. The molecule has 0 amide bonds. The van der Waals surface area contributed by atoms with Crippen LogP contribution in [0.15, 0.2) is 273 Å². The number of hydrogen-bond donors (Lipinski definition) is 0. The molecule has 0 saturated heterocycles. The quantitative estimate of drug-likeness (QED) is 0.143. The van der Waals surface area contributed by atoms with Crippen molar-refractivity contribution in [2.75, 3.05) is 9.80 Å². The van der Waals surface area contributed by atoms with Crippen LogP contribution in [0.1, 0.15) is 22.3 Å². The summed E-state index contributed by atoms with van der Waals surface area (Å²) >= 11 is 0. The van der Waals surface area contributed by atoms with E-state index in [4.69, 9.17) is 0 Å². The molecule has 0 aliphatic heterocycles. The minimum atomic E-state index is -0.595. The van der Waals surface area contributed by atoms with Crippen molar-refractivity contribution in [3.63, 3.8) is 0 Å². The van der Waals surface area contributed by atoms with Crippen molar-refractivity contribution in [1.29, 1.82) is 0 Å². The first-order valence-electron chi connectivity index (χ1n) is 23.4. The highest BCUT2D eigenvalue weighted by atomic mass is 15.2. The lowest BCUT2D eigenvalue weighted by Gasteiger charge is -2.35. The van der Waals surface area contributed by atoms with E-state index in [-0.39, 0.29) is 0 Å². The first-order chi connectivity index (χ1) is 33.8. The summed E-state index contributed by atoms with van der Waals surface area (Å²) in [4.78, 5) is 4.89. The van der Waals surface area contributed by atoms with E-state index in [1.165, 1.54) is 54.9 Å². The molecule has 0 unspecified atom stereocenters. The fraction of sp³-hybridized carbons (Fsp3) is 0.0154. The average molecular weight is 868 g/mol. The van der Waals surface area contributed by atoms with Gasteiger partial charge in [0.1, 0.15) is 0 Å². The van der Waals surface area contributed by atoms with E-state index in [2.05, 4.69) is 287 Å². The third-order valence-electron chi connectivity index (χ3n) is 14.0. The number of fused-ring (bicyclic) bond motifs is 7. The third-order valence-corrected chi connectivity index (χ3v) is 14.0. The van der Waals surface area contributed by atoms with Gasteiger partial charge < -0.3 is 14.4 Å². The van der Waals surface area contributed by atoms with Crippen molar-refractivity contribution in [2.24, 2.45) is 0 Å². The van der Waals surface area contributed by atoms with E-state index in [0.717, 1.165) is 50.8 Å². The Bertz CT molecular complexity index is 3690. The van der Waals surface area contributed by atoms with Gasteiger partial charge in [0.25, 0.3) is 0 Å². The van der Waals surface area contributed by atoms with Crippen LogP contribution in [-0.2, 0) is 5.41 Å². The molecule has 1 aliphatic carbocycles. The van der Waals surface area contributed by atoms with Crippen molar-refractivity contribution in [2.45, 2.75) is 5.41 Å². The molecule has 0 atom stereocenters.